The van der Waals surface area contributed by atoms with E-state index in [-0.39, 0.29) is 24.9 Å². The first-order valence-corrected chi connectivity index (χ1v) is 24.4. The number of aliphatic hydroxyl groups is 2. The van der Waals surface area contributed by atoms with Crippen molar-refractivity contribution in [2.45, 2.75) is 232 Å². The van der Waals surface area contributed by atoms with Crippen molar-refractivity contribution < 1.29 is 24.5 Å². The van der Waals surface area contributed by atoms with Crippen LogP contribution in [-0.4, -0.2) is 46.9 Å². The predicted molar refractivity (Wildman–Crippen MR) is 254 cm³/mol. The lowest BCUT2D eigenvalue weighted by Crippen LogP contribution is -2.46. The molecule has 0 aromatic heterocycles. The summed E-state index contributed by atoms with van der Waals surface area (Å²) in [5.74, 6) is -0.543. The second-order valence-electron chi connectivity index (χ2n) is 16.3. The maximum Gasteiger partial charge on any atom is 0.306 e. The number of aliphatic hydroxyl groups excluding tert-OH is 2. The van der Waals surface area contributed by atoms with Crippen LogP contribution in [0.25, 0.3) is 0 Å². The van der Waals surface area contributed by atoms with Crippen molar-refractivity contribution in [3.63, 3.8) is 0 Å². The average Bonchev–Trinajstić information content (AvgIpc) is 3.23. The van der Waals surface area contributed by atoms with Gasteiger partial charge in [-0.1, -0.05) is 221 Å². The molecule has 6 nitrogen and oxygen atoms in total. The van der Waals surface area contributed by atoms with Crippen LogP contribution in [0.4, 0.5) is 0 Å². The molecule has 6 heteroatoms. The van der Waals surface area contributed by atoms with Gasteiger partial charge in [0.1, 0.15) is 6.10 Å². The minimum Gasteiger partial charge on any atom is -0.462 e. The van der Waals surface area contributed by atoms with Gasteiger partial charge in [-0.15, -0.1) is 0 Å². The molecule has 0 spiro atoms. The van der Waals surface area contributed by atoms with Crippen LogP contribution >= 0.6 is 0 Å². The molecule has 3 atom stereocenters. The van der Waals surface area contributed by atoms with Crippen LogP contribution < -0.4 is 5.32 Å². The molecule has 0 saturated carbocycles. The molecule has 0 bridgehead atoms. The number of ether oxygens (including phenoxy) is 1. The second-order valence-corrected chi connectivity index (χ2v) is 16.3. The van der Waals surface area contributed by atoms with Crippen LogP contribution in [0, 0.1) is 0 Å². The number of allylic oxidation sites excluding steroid dienone is 14. The molecule has 3 N–H and O–H groups in total. The standard InChI is InChI=1S/C53H91NO5/c1-4-7-10-13-16-19-22-24-26-28-31-34-37-40-43-46-53(58)59-49(44-41-38-35-32-29-21-18-15-12-9-6-3)47-52(57)54-50(48-55)51(56)45-42-39-36-33-30-27-25-23-20-17-14-11-8-5-2/h7,9-10,12-13,15-16,18-19,21-22,24,26,29,49-51,55-56H,4-6,8,11,14,17,20,23,25,27-28,30-48H2,1-3H3,(H,54,57)/b10-7+,12-9+,16-13+,18-15+,22-19+,26-24-,29-21-. The summed E-state index contributed by atoms with van der Waals surface area (Å²) in [6, 6.07) is -0.721. The highest BCUT2D eigenvalue weighted by Crippen LogP contribution is 2.17. The quantitative estimate of drug-likeness (QED) is 0.0324. The third-order valence-corrected chi connectivity index (χ3v) is 10.6. The zero-order chi connectivity index (χ0) is 43.1. The minimum absolute atomic E-state index is 0.0404. The van der Waals surface area contributed by atoms with Gasteiger partial charge in [0.05, 0.1) is 25.2 Å². The molecular weight excluding hydrogens is 731 g/mol. The molecule has 1 amide bonds. The van der Waals surface area contributed by atoms with Crippen molar-refractivity contribution in [3.05, 3.63) is 85.1 Å². The zero-order valence-corrected chi connectivity index (χ0v) is 38.4. The first kappa shape index (κ1) is 56.0. The number of hydrogen-bond donors (Lipinski definition) is 3. The zero-order valence-electron chi connectivity index (χ0n) is 38.4. The summed E-state index contributed by atoms with van der Waals surface area (Å²) in [5, 5.41) is 23.7. The Balaban J connectivity index is 4.63. The monoisotopic (exact) mass is 822 g/mol. The average molecular weight is 822 g/mol. The molecule has 0 saturated heterocycles. The third-order valence-electron chi connectivity index (χ3n) is 10.6. The van der Waals surface area contributed by atoms with Crippen molar-refractivity contribution in [1.29, 1.82) is 0 Å². The molecule has 0 radical (unpaired) electrons. The Kier molecular flexibility index (Phi) is 43.8. The largest absolute Gasteiger partial charge is 0.462 e. The number of amides is 1. The van der Waals surface area contributed by atoms with Gasteiger partial charge in [0, 0.05) is 6.42 Å². The third kappa shape index (κ3) is 41.6. The summed E-state index contributed by atoms with van der Waals surface area (Å²) >= 11 is 0. The van der Waals surface area contributed by atoms with Crippen molar-refractivity contribution in [3.8, 4) is 0 Å². The summed E-state index contributed by atoms with van der Waals surface area (Å²) < 4.78 is 5.89. The molecule has 3 unspecified atom stereocenters. The van der Waals surface area contributed by atoms with E-state index in [0.717, 1.165) is 96.3 Å². The smallest absolute Gasteiger partial charge is 0.306 e. The van der Waals surface area contributed by atoms with Crippen molar-refractivity contribution >= 4 is 11.9 Å². The summed E-state index contributed by atoms with van der Waals surface area (Å²) in [6.45, 7) is 6.18. The summed E-state index contributed by atoms with van der Waals surface area (Å²) in [6.07, 6.45) is 59.3. The van der Waals surface area contributed by atoms with Gasteiger partial charge in [0.15, 0.2) is 0 Å². The Bertz CT molecular complexity index is 1150. The molecular formula is C53H91NO5. The minimum atomic E-state index is -0.805. The van der Waals surface area contributed by atoms with Crippen LogP contribution in [0.1, 0.15) is 213 Å². The first-order chi connectivity index (χ1) is 29.0. The van der Waals surface area contributed by atoms with E-state index in [9.17, 15) is 19.8 Å². The van der Waals surface area contributed by atoms with Crippen molar-refractivity contribution in [1.82, 2.24) is 5.32 Å². The lowest BCUT2D eigenvalue weighted by Gasteiger charge is -2.24. The van der Waals surface area contributed by atoms with Crippen LogP contribution in [-0.2, 0) is 14.3 Å². The highest BCUT2D eigenvalue weighted by molar-refractivity contribution is 5.77. The molecule has 0 aliphatic rings. The molecule has 0 aromatic carbocycles. The lowest BCUT2D eigenvalue weighted by molar-refractivity contribution is -0.151. The van der Waals surface area contributed by atoms with E-state index >= 15 is 0 Å². The van der Waals surface area contributed by atoms with Gasteiger partial charge < -0.3 is 20.3 Å². The van der Waals surface area contributed by atoms with Gasteiger partial charge in [0.2, 0.25) is 5.91 Å². The van der Waals surface area contributed by atoms with Crippen LogP contribution in [0.2, 0.25) is 0 Å². The molecule has 0 rings (SSSR count). The van der Waals surface area contributed by atoms with E-state index in [1.165, 1.54) is 70.6 Å². The van der Waals surface area contributed by atoms with Crippen molar-refractivity contribution in [2.75, 3.05) is 6.61 Å². The number of unbranched alkanes of at least 4 members (excludes halogenated alkanes) is 21. The SMILES string of the molecule is CC/C=C/C=C/C=C\CCCCCC(CC(=O)NC(CO)C(O)CCCCCCCCCCCCCCCC)OC(=O)CCCCCCC\C=C/C=C/C=C/C=C/CC. The Morgan fingerprint density at radius 2 is 0.915 bits per heavy atom. The van der Waals surface area contributed by atoms with E-state index in [1.807, 2.05) is 30.4 Å². The maximum atomic E-state index is 13.2. The van der Waals surface area contributed by atoms with Gasteiger partial charge in [0.25, 0.3) is 0 Å². The number of carbonyl (C=O) groups excluding carboxylic acids is 2. The van der Waals surface area contributed by atoms with E-state index in [4.69, 9.17) is 4.74 Å². The molecule has 338 valence electrons. The highest BCUT2D eigenvalue weighted by atomic mass is 16.5. The van der Waals surface area contributed by atoms with Crippen LogP contribution in [0.3, 0.4) is 0 Å². The van der Waals surface area contributed by atoms with Gasteiger partial charge in [-0.25, -0.2) is 0 Å². The summed E-state index contributed by atoms with van der Waals surface area (Å²) in [7, 11) is 0. The fourth-order valence-corrected chi connectivity index (χ4v) is 6.97. The molecule has 59 heavy (non-hydrogen) atoms. The normalized spacial score (nSPS) is 14.1. The van der Waals surface area contributed by atoms with E-state index < -0.39 is 18.2 Å². The number of carbonyl (C=O) groups is 2. The van der Waals surface area contributed by atoms with E-state index in [0.29, 0.717) is 19.3 Å². The topological polar surface area (TPSA) is 95.9 Å². The van der Waals surface area contributed by atoms with E-state index in [2.05, 4.69) is 80.8 Å². The fraction of sp³-hybridized carbons (Fsp3) is 0.698. The molecule has 0 aliphatic carbocycles. The van der Waals surface area contributed by atoms with Crippen molar-refractivity contribution in [2.24, 2.45) is 0 Å². The Morgan fingerprint density at radius 3 is 1.41 bits per heavy atom. The molecule has 0 heterocycles. The summed E-state index contributed by atoms with van der Waals surface area (Å²) in [5.41, 5.74) is 0. The van der Waals surface area contributed by atoms with Gasteiger partial charge in [-0.3, -0.25) is 9.59 Å². The Hall–Kier alpha value is -2.96. The number of esters is 1. The number of hydrogen-bond acceptors (Lipinski definition) is 5. The Morgan fingerprint density at radius 1 is 0.508 bits per heavy atom. The summed E-state index contributed by atoms with van der Waals surface area (Å²) in [4.78, 5) is 26.1. The van der Waals surface area contributed by atoms with Gasteiger partial charge >= 0.3 is 5.97 Å². The number of rotatable bonds is 42. The Labute approximate surface area is 363 Å². The van der Waals surface area contributed by atoms with E-state index in [1.54, 1.807) is 0 Å². The first-order valence-electron chi connectivity index (χ1n) is 24.4. The van der Waals surface area contributed by atoms with Crippen LogP contribution in [0.15, 0.2) is 85.1 Å². The lowest BCUT2D eigenvalue weighted by atomic mass is 10.0. The van der Waals surface area contributed by atoms with Crippen LogP contribution in [0.5, 0.6) is 0 Å². The van der Waals surface area contributed by atoms with Gasteiger partial charge in [-0.05, 0) is 64.2 Å². The number of nitrogens with one attached hydrogen (secondary N) is 1. The molecule has 0 aromatic rings. The second kappa shape index (κ2) is 46.1. The molecule has 0 aliphatic heterocycles. The maximum absolute atomic E-state index is 13.2. The van der Waals surface area contributed by atoms with Gasteiger partial charge in [-0.2, -0.15) is 0 Å². The fourth-order valence-electron chi connectivity index (χ4n) is 6.97. The highest BCUT2D eigenvalue weighted by Gasteiger charge is 2.24. The molecule has 0 fully saturated rings. The predicted octanol–water partition coefficient (Wildman–Crippen LogP) is 14.4.